The Balaban J connectivity index is 2.11. The Labute approximate surface area is 149 Å². The first-order valence-electron chi connectivity index (χ1n) is 8.59. The average molecular weight is 332 g/mol. The fourth-order valence-electron chi connectivity index (χ4n) is 3.12. The maximum atomic E-state index is 11.4. The average Bonchev–Trinajstić information content (AvgIpc) is 2.72. The number of carbonyl (C=O) groups excluding carboxylic acids is 1. The van der Waals surface area contributed by atoms with Gasteiger partial charge in [-0.1, -0.05) is 48.6 Å². The lowest BCUT2D eigenvalue weighted by Gasteiger charge is -2.15. The van der Waals surface area contributed by atoms with Crippen LogP contribution in [0.2, 0.25) is 0 Å². The van der Waals surface area contributed by atoms with Gasteiger partial charge in [0.2, 0.25) is 5.91 Å². The maximum absolute atomic E-state index is 11.4. The van der Waals surface area contributed by atoms with Crippen LogP contribution in [-0.2, 0) is 4.79 Å². The number of carbonyl (C=O) groups is 1. The van der Waals surface area contributed by atoms with Gasteiger partial charge in [-0.3, -0.25) is 4.79 Å². The molecule has 0 radical (unpaired) electrons. The van der Waals surface area contributed by atoms with E-state index < -0.39 is 0 Å². The maximum Gasteiger partial charge on any atom is 0.221 e. The summed E-state index contributed by atoms with van der Waals surface area (Å²) in [4.78, 5) is 13.6. The highest BCUT2D eigenvalue weighted by molar-refractivity contribution is 5.96. The summed E-state index contributed by atoms with van der Waals surface area (Å²) >= 11 is 0. The number of nitrogens with one attached hydrogen (secondary N) is 1. The van der Waals surface area contributed by atoms with Crippen LogP contribution < -0.4 is 5.32 Å². The van der Waals surface area contributed by atoms with E-state index in [9.17, 15) is 4.79 Å². The molecule has 2 aromatic rings. The molecule has 1 N–H and O–H groups in total. The van der Waals surface area contributed by atoms with Crippen molar-refractivity contribution >= 4 is 29.3 Å². The summed E-state index contributed by atoms with van der Waals surface area (Å²) in [7, 11) is 4.17. The van der Waals surface area contributed by atoms with Crippen LogP contribution in [0.15, 0.2) is 48.5 Å². The van der Waals surface area contributed by atoms with E-state index in [-0.39, 0.29) is 5.91 Å². The van der Waals surface area contributed by atoms with E-state index in [4.69, 9.17) is 0 Å². The molecule has 0 bridgehead atoms. The number of fused-ring (bicyclic) bond motifs is 2. The molecule has 0 saturated carbocycles. The number of benzene rings is 2. The van der Waals surface area contributed by atoms with Crippen LogP contribution >= 0.6 is 0 Å². The Morgan fingerprint density at radius 3 is 2.48 bits per heavy atom. The lowest BCUT2D eigenvalue weighted by molar-refractivity contribution is -0.114. The van der Waals surface area contributed by atoms with Gasteiger partial charge in [-0.15, -0.1) is 0 Å². The molecule has 0 aromatic heterocycles. The van der Waals surface area contributed by atoms with E-state index in [0.717, 1.165) is 24.2 Å². The van der Waals surface area contributed by atoms with Crippen molar-refractivity contribution in [3.8, 4) is 0 Å². The van der Waals surface area contributed by atoms with Crippen LogP contribution in [0.4, 0.5) is 5.69 Å². The van der Waals surface area contributed by atoms with Crippen LogP contribution in [0.3, 0.4) is 0 Å². The van der Waals surface area contributed by atoms with Crippen molar-refractivity contribution in [2.75, 3.05) is 26.0 Å². The molecule has 3 heteroatoms. The van der Waals surface area contributed by atoms with Crippen molar-refractivity contribution in [3.63, 3.8) is 0 Å². The summed E-state index contributed by atoms with van der Waals surface area (Å²) in [5.41, 5.74) is 6.84. The van der Waals surface area contributed by atoms with Gasteiger partial charge < -0.3 is 10.2 Å². The van der Waals surface area contributed by atoms with E-state index in [1.54, 1.807) is 0 Å². The van der Waals surface area contributed by atoms with E-state index in [0.29, 0.717) is 0 Å². The van der Waals surface area contributed by atoms with E-state index in [1.165, 1.54) is 29.2 Å². The highest BCUT2D eigenvalue weighted by Crippen LogP contribution is 2.35. The van der Waals surface area contributed by atoms with Crippen molar-refractivity contribution in [2.45, 2.75) is 13.3 Å². The summed E-state index contributed by atoms with van der Waals surface area (Å²) in [6.07, 6.45) is 7.60. The Kier molecular flexibility index (Phi) is 5.15. The number of anilines is 1. The number of hydrogen-bond acceptors (Lipinski definition) is 2. The molecule has 0 unspecified atom stereocenters. The number of nitrogens with zero attached hydrogens (tertiary/aromatic N) is 1. The van der Waals surface area contributed by atoms with Gasteiger partial charge in [0.1, 0.15) is 0 Å². The minimum Gasteiger partial charge on any atom is -0.326 e. The molecule has 1 aliphatic carbocycles. The molecule has 3 nitrogen and oxygen atoms in total. The fourth-order valence-corrected chi connectivity index (χ4v) is 3.12. The van der Waals surface area contributed by atoms with Crippen molar-refractivity contribution in [2.24, 2.45) is 0 Å². The van der Waals surface area contributed by atoms with Crippen molar-refractivity contribution in [1.82, 2.24) is 4.90 Å². The first-order chi connectivity index (χ1) is 12.0. The van der Waals surface area contributed by atoms with Gasteiger partial charge >= 0.3 is 0 Å². The Morgan fingerprint density at radius 2 is 1.76 bits per heavy atom. The summed E-state index contributed by atoms with van der Waals surface area (Å²) < 4.78 is 0. The van der Waals surface area contributed by atoms with Crippen LogP contribution in [0.1, 0.15) is 35.6 Å². The Hall–Kier alpha value is -2.65. The van der Waals surface area contributed by atoms with E-state index in [1.807, 2.05) is 6.07 Å². The zero-order valence-corrected chi connectivity index (χ0v) is 15.0. The minimum absolute atomic E-state index is 0.0531. The summed E-state index contributed by atoms with van der Waals surface area (Å²) in [5, 5.41) is 2.90. The Morgan fingerprint density at radius 1 is 1.04 bits per heavy atom. The number of amides is 1. The quantitative estimate of drug-likeness (QED) is 0.762. The predicted octanol–water partition coefficient (Wildman–Crippen LogP) is 4.51. The van der Waals surface area contributed by atoms with Gasteiger partial charge in [-0.05, 0) is 60.5 Å². The van der Waals surface area contributed by atoms with Crippen molar-refractivity contribution < 1.29 is 4.79 Å². The molecule has 1 amide bonds. The first kappa shape index (κ1) is 17.2. The van der Waals surface area contributed by atoms with Crippen LogP contribution in [0.5, 0.6) is 0 Å². The molecular weight excluding hydrogens is 308 g/mol. The zero-order valence-electron chi connectivity index (χ0n) is 15.0. The fraction of sp³-hybridized carbons (Fsp3) is 0.227. The van der Waals surface area contributed by atoms with Crippen molar-refractivity contribution in [1.29, 1.82) is 0 Å². The molecule has 0 saturated heterocycles. The number of rotatable bonds is 4. The third-order valence-corrected chi connectivity index (χ3v) is 4.28. The molecule has 3 rings (SSSR count). The van der Waals surface area contributed by atoms with Gasteiger partial charge in [0.25, 0.3) is 0 Å². The molecule has 128 valence electrons. The van der Waals surface area contributed by atoms with E-state index >= 15 is 0 Å². The topological polar surface area (TPSA) is 32.3 Å². The lowest BCUT2D eigenvalue weighted by Crippen LogP contribution is -2.12. The molecule has 25 heavy (non-hydrogen) atoms. The molecule has 0 atom stereocenters. The minimum atomic E-state index is -0.0531. The Bertz CT molecular complexity index is 847. The third-order valence-electron chi connectivity index (χ3n) is 4.28. The van der Waals surface area contributed by atoms with Gasteiger partial charge in [0.05, 0.1) is 0 Å². The molecule has 0 spiro atoms. The second-order valence-corrected chi connectivity index (χ2v) is 6.61. The molecule has 0 aliphatic heterocycles. The van der Waals surface area contributed by atoms with Crippen molar-refractivity contribution in [3.05, 3.63) is 70.8 Å². The largest absolute Gasteiger partial charge is 0.326 e. The van der Waals surface area contributed by atoms with Gasteiger partial charge in [-0.2, -0.15) is 0 Å². The summed E-state index contributed by atoms with van der Waals surface area (Å²) in [5.74, 6) is -0.0531. The summed E-state index contributed by atoms with van der Waals surface area (Å²) in [6.45, 7) is 2.54. The monoisotopic (exact) mass is 332 g/mol. The first-order valence-corrected chi connectivity index (χ1v) is 8.59. The van der Waals surface area contributed by atoms with Crippen LogP contribution in [0.25, 0.3) is 17.7 Å². The molecular formula is C22H24N2O. The molecule has 0 fully saturated rings. The second-order valence-electron chi connectivity index (χ2n) is 6.61. The molecule has 2 aromatic carbocycles. The lowest BCUT2D eigenvalue weighted by atomic mass is 9.92. The summed E-state index contributed by atoms with van der Waals surface area (Å²) in [6, 6.07) is 14.6. The van der Waals surface area contributed by atoms with Gasteiger partial charge in [0, 0.05) is 19.2 Å². The van der Waals surface area contributed by atoms with Crippen LogP contribution in [-0.4, -0.2) is 31.4 Å². The SMILES string of the molecule is CC(=O)Nc1ccc2c(c1)/C(=C\CCN(C)C)c1ccccc1C=C2. The zero-order chi connectivity index (χ0) is 17.8. The second kappa shape index (κ2) is 7.49. The molecule has 0 heterocycles. The van der Waals surface area contributed by atoms with E-state index in [2.05, 4.69) is 78.9 Å². The predicted molar refractivity (Wildman–Crippen MR) is 106 cm³/mol. The van der Waals surface area contributed by atoms with Crippen LogP contribution in [0, 0.1) is 0 Å². The number of hydrogen-bond donors (Lipinski definition) is 1. The highest BCUT2D eigenvalue weighted by atomic mass is 16.1. The molecule has 1 aliphatic rings. The smallest absolute Gasteiger partial charge is 0.221 e. The van der Waals surface area contributed by atoms with Gasteiger partial charge in [-0.25, -0.2) is 0 Å². The van der Waals surface area contributed by atoms with Gasteiger partial charge in [0.15, 0.2) is 0 Å². The highest BCUT2D eigenvalue weighted by Gasteiger charge is 2.15. The third kappa shape index (κ3) is 4.06. The normalized spacial score (nSPS) is 14.2. The standard InChI is InChI=1S/C22H24N2O/c1-16(25)23-19-13-12-18-11-10-17-7-4-5-8-20(17)21(22(18)15-19)9-6-14-24(2)3/h4-5,7-13,15H,6,14H2,1-3H3,(H,23,25)/b21-9-.